The van der Waals surface area contributed by atoms with Crippen LogP contribution in [0.3, 0.4) is 0 Å². The summed E-state index contributed by atoms with van der Waals surface area (Å²) in [6, 6.07) is 5.73. The van der Waals surface area contributed by atoms with E-state index < -0.39 is 11.7 Å². The lowest BCUT2D eigenvalue weighted by molar-refractivity contribution is -0.137. The van der Waals surface area contributed by atoms with E-state index in [1.807, 2.05) is 0 Å². The Morgan fingerprint density at radius 1 is 1.29 bits per heavy atom. The topological polar surface area (TPSA) is 30.7 Å². The fraction of sp³-hybridized carbons (Fsp3) is 0.467. The van der Waals surface area contributed by atoms with Crippen molar-refractivity contribution in [2.75, 3.05) is 0 Å². The van der Waals surface area contributed by atoms with E-state index in [4.69, 9.17) is 0 Å². The lowest BCUT2D eigenvalue weighted by Crippen LogP contribution is -2.18. The molecule has 0 aliphatic carbocycles. The zero-order valence-electron chi connectivity index (χ0n) is 11.7. The third-order valence-corrected chi connectivity index (χ3v) is 3.92. The van der Waals surface area contributed by atoms with Gasteiger partial charge in [-0.25, -0.2) is 0 Å². The normalized spacial score (nSPS) is 18.6. The molecule has 3 rings (SSSR count). The van der Waals surface area contributed by atoms with Crippen LogP contribution in [0.5, 0.6) is 0 Å². The van der Waals surface area contributed by atoms with Crippen LogP contribution >= 0.6 is 0 Å². The summed E-state index contributed by atoms with van der Waals surface area (Å²) in [6.45, 7) is 2.10. The Hall–Kier alpha value is -1.85. The first-order chi connectivity index (χ1) is 9.95. The van der Waals surface area contributed by atoms with Gasteiger partial charge < -0.3 is 4.57 Å². The van der Waals surface area contributed by atoms with Crippen LogP contribution in [0.4, 0.5) is 13.2 Å². The predicted octanol–water partition coefficient (Wildman–Crippen LogP) is 3.79. The van der Waals surface area contributed by atoms with Crippen LogP contribution in [0, 0.1) is 0 Å². The van der Waals surface area contributed by atoms with Crippen molar-refractivity contribution in [2.24, 2.45) is 0 Å². The van der Waals surface area contributed by atoms with Crippen LogP contribution in [-0.4, -0.2) is 14.8 Å². The number of rotatable bonds is 2. The van der Waals surface area contributed by atoms with Gasteiger partial charge in [0, 0.05) is 18.9 Å². The Balaban J connectivity index is 1.90. The van der Waals surface area contributed by atoms with E-state index in [-0.39, 0.29) is 0 Å². The molecule has 0 radical (unpaired) electrons. The van der Waals surface area contributed by atoms with Gasteiger partial charge in [0.2, 0.25) is 0 Å². The smallest absolute Gasteiger partial charge is 0.312 e. The molecule has 2 aromatic rings. The summed E-state index contributed by atoms with van der Waals surface area (Å²) in [5.74, 6) is 1.69. The van der Waals surface area contributed by atoms with Gasteiger partial charge in [0.05, 0.1) is 5.56 Å². The van der Waals surface area contributed by atoms with Gasteiger partial charge in [0.25, 0.3) is 0 Å². The standard InChI is InChI=1S/C15H16F3N3/c1-10-4-2-7-13-19-20-14(21(10)13)9-11-5-3-6-12(8-11)15(16,17)18/h3,5-6,8,10H,2,4,7,9H2,1H3. The number of fused-ring (bicyclic) bond motifs is 1. The zero-order chi connectivity index (χ0) is 15.0. The SMILES string of the molecule is CC1CCCc2nnc(Cc3cccc(C(F)(F)F)c3)n21. The van der Waals surface area contributed by atoms with E-state index >= 15 is 0 Å². The summed E-state index contributed by atoms with van der Waals surface area (Å²) in [7, 11) is 0. The van der Waals surface area contributed by atoms with Gasteiger partial charge in [-0.3, -0.25) is 0 Å². The van der Waals surface area contributed by atoms with Crippen LogP contribution < -0.4 is 0 Å². The Bertz CT molecular complexity index is 646. The molecule has 1 aliphatic rings. The molecule has 0 amide bonds. The lowest BCUT2D eigenvalue weighted by atomic mass is 10.0. The van der Waals surface area contributed by atoms with Crippen LogP contribution in [0.15, 0.2) is 24.3 Å². The van der Waals surface area contributed by atoms with Gasteiger partial charge in [-0.15, -0.1) is 10.2 Å². The molecule has 0 N–H and O–H groups in total. The van der Waals surface area contributed by atoms with Gasteiger partial charge in [-0.1, -0.05) is 18.2 Å². The molecular formula is C15H16F3N3. The summed E-state index contributed by atoms with van der Waals surface area (Å²) in [5.41, 5.74) is -0.00997. The van der Waals surface area contributed by atoms with Crippen molar-refractivity contribution < 1.29 is 13.2 Å². The van der Waals surface area contributed by atoms with Crippen molar-refractivity contribution in [3.05, 3.63) is 47.0 Å². The molecule has 0 fully saturated rings. The molecule has 1 atom stereocenters. The van der Waals surface area contributed by atoms with E-state index in [1.165, 1.54) is 12.1 Å². The highest BCUT2D eigenvalue weighted by Crippen LogP contribution is 2.30. The molecule has 0 saturated heterocycles. The number of hydrogen-bond donors (Lipinski definition) is 0. The molecule has 1 aromatic heterocycles. The molecule has 3 nitrogen and oxygen atoms in total. The monoisotopic (exact) mass is 295 g/mol. The Morgan fingerprint density at radius 2 is 2.10 bits per heavy atom. The van der Waals surface area contributed by atoms with Crippen molar-refractivity contribution in [1.82, 2.24) is 14.8 Å². The zero-order valence-corrected chi connectivity index (χ0v) is 11.7. The number of halogens is 3. The van der Waals surface area contributed by atoms with E-state index in [1.54, 1.807) is 6.07 Å². The maximum atomic E-state index is 12.7. The average Bonchev–Trinajstić information content (AvgIpc) is 2.83. The van der Waals surface area contributed by atoms with Gasteiger partial charge in [-0.2, -0.15) is 13.2 Å². The molecular weight excluding hydrogens is 279 g/mol. The first kappa shape index (κ1) is 14.1. The van der Waals surface area contributed by atoms with Crippen LogP contribution in [0.25, 0.3) is 0 Å². The van der Waals surface area contributed by atoms with Crippen LogP contribution in [0.1, 0.15) is 48.6 Å². The average molecular weight is 295 g/mol. The Kier molecular flexibility index (Phi) is 3.47. The second-order valence-electron chi connectivity index (χ2n) is 5.52. The molecule has 0 spiro atoms. The molecule has 1 aliphatic heterocycles. The van der Waals surface area contributed by atoms with Crippen molar-refractivity contribution in [3.63, 3.8) is 0 Å². The highest BCUT2D eigenvalue weighted by atomic mass is 19.4. The minimum Gasteiger partial charge on any atom is -0.312 e. The Labute approximate surface area is 120 Å². The van der Waals surface area contributed by atoms with Gasteiger partial charge in [-0.05, 0) is 31.4 Å². The van der Waals surface area contributed by atoms with Crippen molar-refractivity contribution >= 4 is 0 Å². The number of benzene rings is 1. The third-order valence-electron chi connectivity index (χ3n) is 3.92. The van der Waals surface area contributed by atoms with E-state index in [0.717, 1.165) is 37.0 Å². The summed E-state index contributed by atoms with van der Waals surface area (Å²) in [5, 5.41) is 8.33. The fourth-order valence-electron chi connectivity index (χ4n) is 2.89. The number of hydrogen-bond acceptors (Lipinski definition) is 2. The molecule has 21 heavy (non-hydrogen) atoms. The number of nitrogens with zero attached hydrogens (tertiary/aromatic N) is 3. The Morgan fingerprint density at radius 3 is 2.86 bits per heavy atom. The highest BCUT2D eigenvalue weighted by molar-refractivity contribution is 5.28. The van der Waals surface area contributed by atoms with E-state index in [9.17, 15) is 13.2 Å². The molecule has 112 valence electrons. The molecule has 0 bridgehead atoms. The third kappa shape index (κ3) is 2.80. The number of aryl methyl sites for hydroxylation is 1. The van der Waals surface area contributed by atoms with Crippen LogP contribution in [0.2, 0.25) is 0 Å². The fourth-order valence-corrected chi connectivity index (χ4v) is 2.89. The summed E-state index contributed by atoms with van der Waals surface area (Å²) in [6.07, 6.45) is -0.905. The summed E-state index contributed by atoms with van der Waals surface area (Å²) < 4.78 is 40.3. The maximum Gasteiger partial charge on any atom is 0.416 e. The molecule has 2 heterocycles. The highest BCUT2D eigenvalue weighted by Gasteiger charge is 2.30. The minimum atomic E-state index is -4.31. The second kappa shape index (κ2) is 5.16. The van der Waals surface area contributed by atoms with Crippen molar-refractivity contribution in [2.45, 2.75) is 44.8 Å². The second-order valence-corrected chi connectivity index (χ2v) is 5.52. The molecule has 0 saturated carbocycles. The summed E-state index contributed by atoms with van der Waals surface area (Å²) in [4.78, 5) is 0. The first-order valence-corrected chi connectivity index (χ1v) is 7.04. The van der Waals surface area contributed by atoms with Crippen molar-refractivity contribution in [3.8, 4) is 0 Å². The quantitative estimate of drug-likeness (QED) is 0.844. The largest absolute Gasteiger partial charge is 0.416 e. The van der Waals surface area contributed by atoms with Crippen molar-refractivity contribution in [1.29, 1.82) is 0 Å². The minimum absolute atomic E-state index is 0.310. The first-order valence-electron chi connectivity index (χ1n) is 7.04. The molecule has 1 unspecified atom stereocenters. The van der Waals surface area contributed by atoms with Gasteiger partial charge in [0.1, 0.15) is 11.6 Å². The lowest BCUT2D eigenvalue weighted by Gasteiger charge is -2.22. The summed E-state index contributed by atoms with van der Waals surface area (Å²) >= 11 is 0. The number of aromatic nitrogens is 3. The van der Waals surface area contributed by atoms with Gasteiger partial charge >= 0.3 is 6.18 Å². The van der Waals surface area contributed by atoms with Crippen LogP contribution in [-0.2, 0) is 19.0 Å². The number of alkyl halides is 3. The molecule has 6 heteroatoms. The maximum absolute atomic E-state index is 12.7. The predicted molar refractivity (Wildman–Crippen MR) is 71.9 cm³/mol. The van der Waals surface area contributed by atoms with Gasteiger partial charge in [0.15, 0.2) is 0 Å². The molecule has 1 aromatic carbocycles. The van der Waals surface area contributed by atoms with E-state index in [0.29, 0.717) is 18.0 Å². The van der Waals surface area contributed by atoms with E-state index in [2.05, 4.69) is 21.7 Å².